The van der Waals surface area contributed by atoms with Gasteiger partial charge in [0.25, 0.3) is 10.2 Å². The van der Waals surface area contributed by atoms with Crippen molar-refractivity contribution in [3.63, 3.8) is 0 Å². The second-order valence-electron chi connectivity index (χ2n) is 3.47. The fourth-order valence-electron chi connectivity index (χ4n) is 1.37. The number of rotatable bonds is 3. The number of carboxylic acids is 1. The summed E-state index contributed by atoms with van der Waals surface area (Å²) >= 11 is 0. The van der Waals surface area contributed by atoms with E-state index in [1.54, 1.807) is 0 Å². The summed E-state index contributed by atoms with van der Waals surface area (Å²) in [6.45, 7) is 0.368. The van der Waals surface area contributed by atoms with Crippen molar-refractivity contribution in [2.45, 2.75) is 6.42 Å². The van der Waals surface area contributed by atoms with E-state index in [1.165, 1.54) is 18.4 Å². The second-order valence-corrected chi connectivity index (χ2v) is 5.61. The average molecular weight is 222 g/mol. The molecule has 0 saturated carbocycles. The lowest BCUT2D eigenvalue weighted by Crippen LogP contribution is -2.38. The highest BCUT2D eigenvalue weighted by atomic mass is 32.2. The van der Waals surface area contributed by atoms with E-state index in [2.05, 4.69) is 0 Å². The van der Waals surface area contributed by atoms with Crippen LogP contribution in [0.4, 0.5) is 0 Å². The molecule has 1 saturated heterocycles. The monoisotopic (exact) mass is 222 g/mol. The first-order valence-electron chi connectivity index (χ1n) is 4.26. The molecule has 1 heterocycles. The van der Waals surface area contributed by atoms with Crippen LogP contribution >= 0.6 is 0 Å². The van der Waals surface area contributed by atoms with E-state index in [1.807, 2.05) is 0 Å². The lowest BCUT2D eigenvalue weighted by atomic mass is 10.1. The minimum Gasteiger partial charge on any atom is -0.481 e. The summed E-state index contributed by atoms with van der Waals surface area (Å²) in [6.07, 6.45) is 0.391. The Hall–Kier alpha value is -0.660. The van der Waals surface area contributed by atoms with Crippen LogP contribution in [0.1, 0.15) is 6.42 Å². The largest absolute Gasteiger partial charge is 0.481 e. The molecule has 0 aliphatic carbocycles. The summed E-state index contributed by atoms with van der Waals surface area (Å²) in [5, 5.41) is 8.70. The van der Waals surface area contributed by atoms with E-state index in [9.17, 15) is 13.2 Å². The fourth-order valence-corrected chi connectivity index (χ4v) is 2.54. The molecule has 7 heteroatoms. The molecule has 82 valence electrons. The molecule has 1 N–H and O–H groups in total. The smallest absolute Gasteiger partial charge is 0.307 e. The zero-order valence-electron chi connectivity index (χ0n) is 8.17. The highest BCUT2D eigenvalue weighted by molar-refractivity contribution is 7.86. The molecule has 1 aliphatic rings. The van der Waals surface area contributed by atoms with Crippen molar-refractivity contribution < 1.29 is 18.3 Å². The van der Waals surface area contributed by atoms with Crippen molar-refractivity contribution in [1.29, 1.82) is 0 Å². The number of carboxylic acid groups (broad SMARTS) is 1. The van der Waals surface area contributed by atoms with Gasteiger partial charge in [-0.05, 0) is 6.42 Å². The van der Waals surface area contributed by atoms with Crippen LogP contribution in [0, 0.1) is 5.92 Å². The standard InChI is InChI=1S/C7H14N2O4S/c1-8(2)14(12,13)9-4-3-6(5-9)7(10)11/h6H,3-5H2,1-2H3,(H,10,11)/t6-/m1/s1. The molecule has 0 aromatic carbocycles. The highest BCUT2D eigenvalue weighted by Gasteiger charge is 2.35. The van der Waals surface area contributed by atoms with Crippen LogP contribution < -0.4 is 0 Å². The van der Waals surface area contributed by atoms with Crippen molar-refractivity contribution in [1.82, 2.24) is 8.61 Å². The lowest BCUT2D eigenvalue weighted by molar-refractivity contribution is -0.141. The van der Waals surface area contributed by atoms with Crippen molar-refractivity contribution in [3.05, 3.63) is 0 Å². The molecule has 14 heavy (non-hydrogen) atoms. The van der Waals surface area contributed by atoms with Gasteiger partial charge in [-0.3, -0.25) is 4.79 Å². The Kier molecular flexibility index (Phi) is 3.13. The Morgan fingerprint density at radius 2 is 2.07 bits per heavy atom. The number of carbonyl (C=O) groups is 1. The van der Waals surface area contributed by atoms with Crippen LogP contribution in [-0.4, -0.2) is 55.3 Å². The first-order valence-corrected chi connectivity index (χ1v) is 5.66. The maximum Gasteiger partial charge on any atom is 0.307 e. The Morgan fingerprint density at radius 3 is 2.43 bits per heavy atom. The van der Waals surface area contributed by atoms with Crippen LogP contribution in [0.5, 0.6) is 0 Å². The molecule has 1 rings (SSSR count). The van der Waals surface area contributed by atoms with Crippen molar-refractivity contribution in [2.24, 2.45) is 5.92 Å². The van der Waals surface area contributed by atoms with Crippen molar-refractivity contribution in [2.75, 3.05) is 27.2 Å². The summed E-state index contributed by atoms with van der Waals surface area (Å²) in [6, 6.07) is 0. The van der Waals surface area contributed by atoms with Gasteiger partial charge in [-0.15, -0.1) is 0 Å². The van der Waals surface area contributed by atoms with Gasteiger partial charge in [0, 0.05) is 27.2 Å². The first-order chi connectivity index (χ1) is 6.35. The second kappa shape index (κ2) is 3.84. The molecule has 0 amide bonds. The predicted molar refractivity (Wildman–Crippen MR) is 49.9 cm³/mol. The molecule has 1 atom stereocenters. The Balaban J connectivity index is 2.72. The Morgan fingerprint density at radius 1 is 1.50 bits per heavy atom. The number of nitrogens with zero attached hydrogens (tertiary/aromatic N) is 2. The molecule has 0 bridgehead atoms. The summed E-state index contributed by atoms with van der Waals surface area (Å²) in [4.78, 5) is 10.6. The van der Waals surface area contributed by atoms with E-state index < -0.39 is 22.1 Å². The van der Waals surface area contributed by atoms with Gasteiger partial charge in [0.2, 0.25) is 0 Å². The van der Waals surface area contributed by atoms with Gasteiger partial charge >= 0.3 is 5.97 Å². The summed E-state index contributed by atoms with van der Waals surface area (Å²) in [5.41, 5.74) is 0. The van der Waals surface area contributed by atoms with Gasteiger partial charge < -0.3 is 5.11 Å². The summed E-state index contributed by atoms with van der Waals surface area (Å²) < 4.78 is 25.4. The van der Waals surface area contributed by atoms with Gasteiger partial charge in [0.05, 0.1) is 5.92 Å². The number of hydrogen-bond donors (Lipinski definition) is 1. The predicted octanol–water partition coefficient (Wildman–Crippen LogP) is -0.801. The summed E-state index contributed by atoms with van der Waals surface area (Å²) in [5.74, 6) is -1.49. The fraction of sp³-hybridized carbons (Fsp3) is 0.857. The third-order valence-corrected chi connectivity index (χ3v) is 4.20. The summed E-state index contributed by atoms with van der Waals surface area (Å²) in [7, 11) is -0.572. The van der Waals surface area contributed by atoms with Gasteiger partial charge in [0.1, 0.15) is 0 Å². The van der Waals surface area contributed by atoms with Crippen LogP contribution in [-0.2, 0) is 15.0 Å². The molecule has 6 nitrogen and oxygen atoms in total. The molecule has 0 spiro atoms. The normalized spacial score (nSPS) is 24.4. The minimum absolute atomic E-state index is 0.0792. The molecular weight excluding hydrogens is 208 g/mol. The number of hydrogen-bond acceptors (Lipinski definition) is 3. The average Bonchev–Trinajstić information content (AvgIpc) is 2.51. The molecule has 1 aliphatic heterocycles. The Bertz CT molecular complexity index is 325. The van der Waals surface area contributed by atoms with Crippen molar-refractivity contribution >= 4 is 16.2 Å². The van der Waals surface area contributed by atoms with Crippen LogP contribution in [0.25, 0.3) is 0 Å². The molecule has 0 unspecified atom stereocenters. The third-order valence-electron chi connectivity index (χ3n) is 2.29. The van der Waals surface area contributed by atoms with Crippen LogP contribution in [0.15, 0.2) is 0 Å². The number of aliphatic carboxylic acids is 1. The quantitative estimate of drug-likeness (QED) is 0.678. The van der Waals surface area contributed by atoms with E-state index in [-0.39, 0.29) is 13.1 Å². The lowest BCUT2D eigenvalue weighted by Gasteiger charge is -2.20. The Labute approximate surface area is 83.3 Å². The minimum atomic E-state index is -3.44. The molecule has 0 aromatic heterocycles. The zero-order chi connectivity index (χ0) is 10.9. The van der Waals surface area contributed by atoms with Gasteiger partial charge in [-0.25, -0.2) is 0 Å². The van der Waals surface area contributed by atoms with Gasteiger partial charge in [0.15, 0.2) is 0 Å². The van der Waals surface area contributed by atoms with E-state index in [0.717, 1.165) is 4.31 Å². The zero-order valence-corrected chi connectivity index (χ0v) is 8.99. The molecule has 1 fully saturated rings. The maximum absolute atomic E-state index is 11.6. The molecule has 0 aromatic rings. The molecular formula is C7H14N2O4S. The van der Waals surface area contributed by atoms with E-state index in [4.69, 9.17) is 5.11 Å². The van der Waals surface area contributed by atoms with E-state index >= 15 is 0 Å². The van der Waals surface area contributed by atoms with Crippen molar-refractivity contribution in [3.8, 4) is 0 Å². The van der Waals surface area contributed by atoms with Gasteiger partial charge in [-0.2, -0.15) is 17.0 Å². The van der Waals surface area contributed by atoms with Gasteiger partial charge in [-0.1, -0.05) is 0 Å². The maximum atomic E-state index is 11.6. The molecule has 0 radical (unpaired) electrons. The SMILES string of the molecule is CN(C)S(=O)(=O)N1CC[C@@H](C(=O)O)C1. The van der Waals surface area contributed by atoms with Crippen LogP contribution in [0.2, 0.25) is 0 Å². The topological polar surface area (TPSA) is 77.9 Å². The highest BCUT2D eigenvalue weighted by Crippen LogP contribution is 2.20. The van der Waals surface area contributed by atoms with Crippen LogP contribution in [0.3, 0.4) is 0 Å². The first kappa shape index (κ1) is 11.4. The van der Waals surface area contributed by atoms with E-state index in [0.29, 0.717) is 6.42 Å². The third kappa shape index (κ3) is 2.05.